The molecule has 0 bridgehead atoms. The van der Waals surface area contributed by atoms with Crippen molar-refractivity contribution in [2.75, 3.05) is 6.61 Å². The Balaban J connectivity index is 2.27. The Hall–Kier alpha value is -1.12. The number of ether oxygens (including phenoxy) is 1. The lowest BCUT2D eigenvalue weighted by molar-refractivity contribution is -0.143. The molecule has 0 aromatic carbocycles. The first-order valence-electron chi connectivity index (χ1n) is 4.23. The van der Waals surface area contributed by atoms with E-state index in [2.05, 4.69) is 10.1 Å². The van der Waals surface area contributed by atoms with Crippen molar-refractivity contribution in [3.05, 3.63) is 12.7 Å². The van der Waals surface area contributed by atoms with Crippen LogP contribution in [0.2, 0.25) is 0 Å². The second-order valence-electron chi connectivity index (χ2n) is 3.20. The molecule has 0 aliphatic carbocycles. The smallest absolute Gasteiger partial charge is 0.321 e. The third kappa shape index (κ3) is 1.50. The molecule has 0 unspecified atom stereocenters. The van der Waals surface area contributed by atoms with Gasteiger partial charge in [0.15, 0.2) is 6.10 Å². The standard InChI is InChI=1S/C7H9F2N3O3/c8-7(9)5(14)4(1-13)15-6(7)12-3-10-2-11-12/h2-6,13-14H,1H2/t4-,5-,6-/m1/s1. The SMILES string of the molecule is OC[C@H]1O[C@@H](n2cncn2)C(F)(F)[C@@H]1O. The van der Waals surface area contributed by atoms with E-state index in [0.717, 1.165) is 17.3 Å². The number of rotatable bonds is 2. The minimum atomic E-state index is -3.50. The molecule has 84 valence electrons. The van der Waals surface area contributed by atoms with Crippen molar-refractivity contribution in [1.29, 1.82) is 0 Å². The molecule has 15 heavy (non-hydrogen) atoms. The summed E-state index contributed by atoms with van der Waals surface area (Å²) in [4.78, 5) is 3.50. The van der Waals surface area contributed by atoms with Gasteiger partial charge < -0.3 is 14.9 Å². The van der Waals surface area contributed by atoms with Gasteiger partial charge in [0.1, 0.15) is 18.8 Å². The Labute approximate surface area is 83.1 Å². The molecule has 1 aliphatic rings. The van der Waals surface area contributed by atoms with Crippen molar-refractivity contribution in [3.8, 4) is 0 Å². The van der Waals surface area contributed by atoms with E-state index >= 15 is 0 Å². The van der Waals surface area contributed by atoms with Gasteiger partial charge in [-0.2, -0.15) is 13.9 Å². The van der Waals surface area contributed by atoms with E-state index in [-0.39, 0.29) is 0 Å². The zero-order valence-electron chi connectivity index (χ0n) is 7.49. The lowest BCUT2D eigenvalue weighted by Crippen LogP contribution is -2.39. The average molecular weight is 221 g/mol. The highest BCUT2D eigenvalue weighted by molar-refractivity contribution is 4.94. The number of nitrogens with zero attached hydrogens (tertiary/aromatic N) is 3. The van der Waals surface area contributed by atoms with Crippen LogP contribution in [-0.4, -0.2) is 49.7 Å². The maximum absolute atomic E-state index is 13.4. The fraction of sp³-hybridized carbons (Fsp3) is 0.714. The van der Waals surface area contributed by atoms with Gasteiger partial charge in [0.05, 0.1) is 6.61 Å². The Morgan fingerprint density at radius 3 is 2.73 bits per heavy atom. The van der Waals surface area contributed by atoms with Crippen molar-refractivity contribution in [2.45, 2.75) is 24.4 Å². The third-order valence-electron chi connectivity index (χ3n) is 2.24. The number of aliphatic hydroxyl groups excluding tert-OH is 2. The van der Waals surface area contributed by atoms with Crippen LogP contribution in [0.5, 0.6) is 0 Å². The largest absolute Gasteiger partial charge is 0.394 e. The minimum Gasteiger partial charge on any atom is -0.394 e. The molecule has 1 aromatic rings. The summed E-state index contributed by atoms with van der Waals surface area (Å²) < 4.78 is 32.5. The highest BCUT2D eigenvalue weighted by Crippen LogP contribution is 2.41. The fourth-order valence-corrected chi connectivity index (χ4v) is 1.44. The summed E-state index contributed by atoms with van der Waals surface area (Å²) in [6.07, 6.45) is -2.94. The molecular formula is C7H9F2N3O3. The van der Waals surface area contributed by atoms with Gasteiger partial charge in [0.25, 0.3) is 0 Å². The lowest BCUT2D eigenvalue weighted by atomic mass is 10.1. The molecule has 1 aliphatic heterocycles. The van der Waals surface area contributed by atoms with Crippen LogP contribution in [-0.2, 0) is 4.74 Å². The quantitative estimate of drug-likeness (QED) is 0.681. The molecular weight excluding hydrogens is 212 g/mol. The lowest BCUT2D eigenvalue weighted by Gasteiger charge is -2.18. The van der Waals surface area contributed by atoms with E-state index in [1.165, 1.54) is 0 Å². The van der Waals surface area contributed by atoms with Crippen molar-refractivity contribution >= 4 is 0 Å². The summed E-state index contributed by atoms with van der Waals surface area (Å²) in [6.45, 7) is -0.679. The highest BCUT2D eigenvalue weighted by Gasteiger charge is 2.59. The first-order valence-corrected chi connectivity index (χ1v) is 4.23. The molecule has 2 rings (SSSR count). The topological polar surface area (TPSA) is 80.4 Å². The predicted octanol–water partition coefficient (Wildman–Crippen LogP) is -0.836. The zero-order chi connectivity index (χ0) is 11.1. The zero-order valence-corrected chi connectivity index (χ0v) is 7.49. The van der Waals surface area contributed by atoms with Crippen molar-refractivity contribution in [1.82, 2.24) is 14.8 Å². The van der Waals surface area contributed by atoms with Gasteiger partial charge in [-0.15, -0.1) is 0 Å². The Kier molecular flexibility index (Phi) is 2.41. The Morgan fingerprint density at radius 2 is 2.27 bits per heavy atom. The first-order chi connectivity index (χ1) is 7.07. The monoisotopic (exact) mass is 221 g/mol. The summed E-state index contributed by atoms with van der Waals surface area (Å²) in [5.41, 5.74) is 0. The van der Waals surface area contributed by atoms with Gasteiger partial charge in [0.2, 0.25) is 6.23 Å². The third-order valence-corrected chi connectivity index (χ3v) is 2.24. The second-order valence-corrected chi connectivity index (χ2v) is 3.20. The van der Waals surface area contributed by atoms with Crippen LogP contribution in [0.25, 0.3) is 0 Å². The normalized spacial score (nSPS) is 34.5. The van der Waals surface area contributed by atoms with Gasteiger partial charge in [-0.1, -0.05) is 0 Å². The summed E-state index contributed by atoms with van der Waals surface area (Å²) in [5, 5.41) is 21.4. The van der Waals surface area contributed by atoms with Crippen LogP contribution in [0.15, 0.2) is 12.7 Å². The van der Waals surface area contributed by atoms with Gasteiger partial charge in [-0.3, -0.25) is 0 Å². The van der Waals surface area contributed by atoms with E-state index < -0.39 is 31.0 Å². The number of aliphatic hydroxyl groups is 2. The van der Waals surface area contributed by atoms with E-state index in [1.807, 2.05) is 0 Å². The van der Waals surface area contributed by atoms with E-state index in [9.17, 15) is 13.9 Å². The maximum atomic E-state index is 13.4. The number of halogens is 2. The van der Waals surface area contributed by atoms with Crippen molar-refractivity contribution in [2.24, 2.45) is 0 Å². The average Bonchev–Trinajstić information content (AvgIpc) is 2.76. The van der Waals surface area contributed by atoms with Gasteiger partial charge >= 0.3 is 5.92 Å². The molecule has 1 aromatic heterocycles. The van der Waals surface area contributed by atoms with Crippen LogP contribution in [0.4, 0.5) is 8.78 Å². The van der Waals surface area contributed by atoms with Gasteiger partial charge in [-0.05, 0) is 0 Å². The minimum absolute atomic E-state index is 0.679. The molecule has 3 atom stereocenters. The number of aromatic nitrogens is 3. The predicted molar refractivity (Wildman–Crippen MR) is 42.0 cm³/mol. The summed E-state index contributed by atoms with van der Waals surface area (Å²) >= 11 is 0. The van der Waals surface area contributed by atoms with E-state index in [1.54, 1.807) is 0 Å². The van der Waals surface area contributed by atoms with E-state index in [0.29, 0.717) is 0 Å². The summed E-state index contributed by atoms with van der Waals surface area (Å²) in [5.74, 6) is -3.50. The first kappa shape index (κ1) is 10.4. The van der Waals surface area contributed by atoms with Crippen LogP contribution < -0.4 is 0 Å². The number of alkyl halides is 2. The Morgan fingerprint density at radius 1 is 1.53 bits per heavy atom. The molecule has 0 radical (unpaired) electrons. The Bertz CT molecular complexity index is 332. The van der Waals surface area contributed by atoms with Gasteiger partial charge in [0, 0.05) is 0 Å². The molecule has 0 amide bonds. The number of hydrogen-bond acceptors (Lipinski definition) is 5. The molecule has 1 saturated heterocycles. The fourth-order valence-electron chi connectivity index (χ4n) is 1.44. The van der Waals surface area contributed by atoms with Crippen LogP contribution in [0, 0.1) is 0 Å². The molecule has 0 spiro atoms. The molecule has 2 N–H and O–H groups in total. The van der Waals surface area contributed by atoms with Crippen LogP contribution >= 0.6 is 0 Å². The van der Waals surface area contributed by atoms with Crippen molar-refractivity contribution in [3.63, 3.8) is 0 Å². The maximum Gasteiger partial charge on any atom is 0.321 e. The molecule has 1 fully saturated rings. The van der Waals surface area contributed by atoms with Crippen molar-refractivity contribution < 1.29 is 23.7 Å². The molecule has 0 saturated carbocycles. The second kappa shape index (κ2) is 3.47. The number of hydrogen-bond donors (Lipinski definition) is 2. The van der Waals surface area contributed by atoms with E-state index in [4.69, 9.17) is 9.84 Å². The molecule has 6 nitrogen and oxygen atoms in total. The summed E-state index contributed by atoms with van der Waals surface area (Å²) in [7, 11) is 0. The highest BCUT2D eigenvalue weighted by atomic mass is 19.3. The summed E-state index contributed by atoms with van der Waals surface area (Å²) in [6, 6.07) is 0. The molecule has 2 heterocycles. The van der Waals surface area contributed by atoms with Crippen LogP contribution in [0.1, 0.15) is 6.23 Å². The molecule has 8 heteroatoms. The van der Waals surface area contributed by atoms with Crippen LogP contribution in [0.3, 0.4) is 0 Å². The van der Waals surface area contributed by atoms with Gasteiger partial charge in [-0.25, -0.2) is 9.67 Å².